The quantitative estimate of drug-likeness (QED) is 0.640. The largest absolute Gasteiger partial charge is 0.361 e. The summed E-state index contributed by atoms with van der Waals surface area (Å²) in [5.74, 6) is 0. The van der Waals surface area contributed by atoms with Gasteiger partial charge < -0.3 is 4.98 Å². The second kappa shape index (κ2) is 4.51. The summed E-state index contributed by atoms with van der Waals surface area (Å²) in [5.41, 5.74) is 2.21. The highest BCUT2D eigenvalue weighted by Crippen LogP contribution is 2.20. The summed E-state index contributed by atoms with van der Waals surface area (Å²) < 4.78 is 0. The molecular formula is C11H10Cl2N2. The van der Waals surface area contributed by atoms with Gasteiger partial charge in [0, 0.05) is 23.2 Å². The SMILES string of the molecule is Cl.Cl.c1ccc2c(c1)ncc1cc[nH]c12. The molecule has 15 heavy (non-hydrogen) atoms. The van der Waals surface area contributed by atoms with Crippen LogP contribution in [0, 0.1) is 0 Å². The van der Waals surface area contributed by atoms with Crippen molar-refractivity contribution in [1.82, 2.24) is 9.97 Å². The lowest BCUT2D eigenvalue weighted by Crippen LogP contribution is -1.78. The van der Waals surface area contributed by atoms with Crippen LogP contribution in [0.1, 0.15) is 0 Å². The van der Waals surface area contributed by atoms with Crippen molar-refractivity contribution in [2.75, 3.05) is 0 Å². The van der Waals surface area contributed by atoms with Gasteiger partial charge in [0.25, 0.3) is 0 Å². The normalized spacial score (nSPS) is 9.60. The minimum absolute atomic E-state index is 0. The minimum Gasteiger partial charge on any atom is -0.361 e. The number of H-pyrrole nitrogens is 1. The molecule has 0 bridgehead atoms. The number of hydrogen-bond donors (Lipinski definition) is 1. The minimum atomic E-state index is 0. The third kappa shape index (κ3) is 1.78. The van der Waals surface area contributed by atoms with E-state index >= 15 is 0 Å². The van der Waals surface area contributed by atoms with Crippen molar-refractivity contribution in [2.24, 2.45) is 0 Å². The van der Waals surface area contributed by atoms with Gasteiger partial charge in [0.05, 0.1) is 11.0 Å². The number of aromatic amines is 1. The fourth-order valence-electron chi connectivity index (χ4n) is 1.66. The molecule has 1 N–H and O–H groups in total. The van der Waals surface area contributed by atoms with Gasteiger partial charge in [-0.15, -0.1) is 24.8 Å². The number of pyridine rings is 1. The van der Waals surface area contributed by atoms with Crippen LogP contribution in [0.25, 0.3) is 21.8 Å². The average Bonchev–Trinajstić information content (AvgIpc) is 2.65. The maximum atomic E-state index is 4.36. The zero-order chi connectivity index (χ0) is 8.67. The number of fused-ring (bicyclic) bond motifs is 3. The Labute approximate surface area is 99.5 Å². The van der Waals surface area contributed by atoms with Crippen LogP contribution in [0.15, 0.2) is 42.7 Å². The van der Waals surface area contributed by atoms with Crippen LogP contribution < -0.4 is 0 Å². The van der Waals surface area contributed by atoms with Crippen LogP contribution in [0.5, 0.6) is 0 Å². The van der Waals surface area contributed by atoms with Gasteiger partial charge in [-0.25, -0.2) is 0 Å². The van der Waals surface area contributed by atoms with Gasteiger partial charge in [0.15, 0.2) is 0 Å². The molecule has 0 atom stereocenters. The zero-order valence-corrected chi connectivity index (χ0v) is 9.44. The first-order valence-corrected chi connectivity index (χ1v) is 4.26. The van der Waals surface area contributed by atoms with E-state index in [9.17, 15) is 0 Å². The second-order valence-electron chi connectivity index (χ2n) is 3.08. The Morgan fingerprint density at radius 1 is 1.00 bits per heavy atom. The number of para-hydroxylation sites is 1. The molecule has 78 valence electrons. The number of aromatic nitrogens is 2. The standard InChI is InChI=1S/C11H8N2.2ClH/c1-2-4-10-9(3-1)11-8(7-13-10)5-6-12-11;;/h1-7,12H;2*1H. The molecule has 0 saturated carbocycles. The van der Waals surface area contributed by atoms with E-state index in [4.69, 9.17) is 0 Å². The fourth-order valence-corrected chi connectivity index (χ4v) is 1.66. The Balaban J connectivity index is 0.000000562. The van der Waals surface area contributed by atoms with Crippen molar-refractivity contribution in [3.05, 3.63) is 42.7 Å². The molecule has 2 nitrogen and oxygen atoms in total. The molecule has 0 aliphatic carbocycles. The van der Waals surface area contributed by atoms with Crippen molar-refractivity contribution in [3.63, 3.8) is 0 Å². The number of nitrogens with zero attached hydrogens (tertiary/aromatic N) is 1. The van der Waals surface area contributed by atoms with E-state index in [2.05, 4.69) is 16.0 Å². The molecule has 0 radical (unpaired) electrons. The number of nitrogens with one attached hydrogen (secondary N) is 1. The van der Waals surface area contributed by atoms with Gasteiger partial charge >= 0.3 is 0 Å². The predicted octanol–water partition coefficient (Wildman–Crippen LogP) is 3.56. The van der Waals surface area contributed by atoms with Crippen LogP contribution in [-0.4, -0.2) is 9.97 Å². The molecule has 0 saturated heterocycles. The van der Waals surface area contributed by atoms with Crippen molar-refractivity contribution < 1.29 is 0 Å². The topological polar surface area (TPSA) is 28.7 Å². The zero-order valence-electron chi connectivity index (χ0n) is 7.81. The first kappa shape index (κ1) is 11.8. The van der Waals surface area contributed by atoms with Crippen molar-refractivity contribution in [3.8, 4) is 0 Å². The van der Waals surface area contributed by atoms with E-state index in [0.717, 1.165) is 5.52 Å². The monoisotopic (exact) mass is 240 g/mol. The maximum absolute atomic E-state index is 4.36. The highest BCUT2D eigenvalue weighted by Gasteiger charge is 1.99. The van der Waals surface area contributed by atoms with E-state index in [1.165, 1.54) is 16.3 Å². The maximum Gasteiger partial charge on any atom is 0.0723 e. The second-order valence-corrected chi connectivity index (χ2v) is 3.08. The van der Waals surface area contributed by atoms with Gasteiger partial charge in [-0.3, -0.25) is 4.98 Å². The number of hydrogen-bond acceptors (Lipinski definition) is 1. The molecule has 2 heterocycles. The van der Waals surface area contributed by atoms with E-state index in [1.54, 1.807) is 0 Å². The number of rotatable bonds is 0. The molecular weight excluding hydrogens is 231 g/mol. The van der Waals surface area contributed by atoms with Crippen molar-refractivity contribution in [1.29, 1.82) is 0 Å². The molecule has 1 aromatic carbocycles. The van der Waals surface area contributed by atoms with Crippen LogP contribution >= 0.6 is 24.8 Å². The van der Waals surface area contributed by atoms with Crippen molar-refractivity contribution >= 4 is 46.6 Å². The summed E-state index contributed by atoms with van der Waals surface area (Å²) in [6.07, 6.45) is 3.84. The lowest BCUT2D eigenvalue weighted by Gasteiger charge is -1.96. The summed E-state index contributed by atoms with van der Waals surface area (Å²) in [4.78, 5) is 7.58. The first-order valence-electron chi connectivity index (χ1n) is 4.26. The summed E-state index contributed by atoms with van der Waals surface area (Å²) >= 11 is 0. The highest BCUT2D eigenvalue weighted by atomic mass is 35.5. The molecule has 3 aromatic rings. The lowest BCUT2D eigenvalue weighted by molar-refractivity contribution is 1.43. The summed E-state index contributed by atoms with van der Waals surface area (Å²) in [6, 6.07) is 10.2. The number of halogens is 2. The molecule has 3 rings (SSSR count). The Bertz CT molecular complexity index is 575. The smallest absolute Gasteiger partial charge is 0.0723 e. The van der Waals surface area contributed by atoms with Crippen LogP contribution in [0.4, 0.5) is 0 Å². The molecule has 2 aromatic heterocycles. The van der Waals surface area contributed by atoms with Crippen LogP contribution in [0.3, 0.4) is 0 Å². The van der Waals surface area contributed by atoms with E-state index in [1.807, 2.05) is 36.7 Å². The van der Waals surface area contributed by atoms with Crippen LogP contribution in [-0.2, 0) is 0 Å². The number of benzene rings is 1. The molecule has 0 spiro atoms. The van der Waals surface area contributed by atoms with E-state index < -0.39 is 0 Å². The van der Waals surface area contributed by atoms with Crippen molar-refractivity contribution in [2.45, 2.75) is 0 Å². The average molecular weight is 241 g/mol. The van der Waals surface area contributed by atoms with Gasteiger partial charge in [-0.1, -0.05) is 18.2 Å². The molecule has 4 heteroatoms. The summed E-state index contributed by atoms with van der Waals surface area (Å²) in [7, 11) is 0. The molecule has 0 unspecified atom stereocenters. The fraction of sp³-hybridized carbons (Fsp3) is 0. The molecule has 0 aliphatic heterocycles. The van der Waals surface area contributed by atoms with Gasteiger partial charge in [0.2, 0.25) is 0 Å². The molecule has 0 fully saturated rings. The molecule has 0 aliphatic rings. The van der Waals surface area contributed by atoms with Gasteiger partial charge in [0.1, 0.15) is 0 Å². The first-order chi connectivity index (χ1) is 6.45. The Morgan fingerprint density at radius 3 is 2.67 bits per heavy atom. The summed E-state index contributed by atoms with van der Waals surface area (Å²) in [5, 5.41) is 2.35. The van der Waals surface area contributed by atoms with Gasteiger partial charge in [-0.2, -0.15) is 0 Å². The Morgan fingerprint density at radius 2 is 1.80 bits per heavy atom. The third-order valence-electron chi connectivity index (χ3n) is 2.30. The van der Waals surface area contributed by atoms with Crippen LogP contribution in [0.2, 0.25) is 0 Å². The summed E-state index contributed by atoms with van der Waals surface area (Å²) in [6.45, 7) is 0. The Hall–Kier alpha value is -1.25. The predicted molar refractivity (Wildman–Crippen MR) is 68.1 cm³/mol. The highest BCUT2D eigenvalue weighted by molar-refractivity contribution is 6.02. The third-order valence-corrected chi connectivity index (χ3v) is 2.30. The lowest BCUT2D eigenvalue weighted by atomic mass is 10.2. The van der Waals surface area contributed by atoms with E-state index in [-0.39, 0.29) is 24.8 Å². The van der Waals surface area contributed by atoms with Gasteiger partial charge in [-0.05, 0) is 12.1 Å². The molecule has 0 amide bonds. The Kier molecular flexibility index (Phi) is 3.56. The van der Waals surface area contributed by atoms with E-state index in [0.29, 0.717) is 0 Å².